The van der Waals surface area contributed by atoms with E-state index in [2.05, 4.69) is 6.58 Å². The molecule has 5 heteroatoms. The third-order valence-corrected chi connectivity index (χ3v) is 4.28. The summed E-state index contributed by atoms with van der Waals surface area (Å²) < 4.78 is 5.80. The molecule has 0 aliphatic carbocycles. The number of ketones is 1. The minimum absolute atomic E-state index is 0. The fraction of sp³-hybridized carbons (Fsp3) is 0.238. The summed E-state index contributed by atoms with van der Waals surface area (Å²) in [4.78, 5) is 23.8. The molecule has 4 nitrogen and oxygen atoms in total. The number of carbonyl (C=O) groups excluding carboxylic acids is 2. The second-order valence-corrected chi connectivity index (χ2v) is 6.57. The van der Waals surface area contributed by atoms with E-state index < -0.39 is 5.97 Å². The molecule has 1 unspecified atom stereocenters. The van der Waals surface area contributed by atoms with Gasteiger partial charge in [0, 0.05) is 29.7 Å². The van der Waals surface area contributed by atoms with Crippen LogP contribution >= 0.6 is 0 Å². The molecule has 0 saturated heterocycles. The fourth-order valence-electron chi connectivity index (χ4n) is 2.48. The Balaban J connectivity index is 0.00000338. The molecule has 0 spiro atoms. The number of ether oxygens (including phenoxy) is 1. The quantitative estimate of drug-likeness (QED) is 0.234. The zero-order valence-electron chi connectivity index (χ0n) is 15.3. The predicted octanol–water partition coefficient (Wildman–Crippen LogP) is 0.573. The van der Waals surface area contributed by atoms with Gasteiger partial charge in [-0.1, -0.05) is 61.2 Å². The summed E-state index contributed by atoms with van der Waals surface area (Å²) in [6, 6.07) is 16.8. The number of esters is 1. The maximum atomic E-state index is 12.4. The molecule has 2 rings (SSSR count). The zero-order valence-corrected chi connectivity index (χ0v) is 16.1. The summed E-state index contributed by atoms with van der Waals surface area (Å²) in [6.45, 7) is 5.95. The Hall–Kier alpha value is -2.43. The molecular formula is C21H24ClNO3. The van der Waals surface area contributed by atoms with Gasteiger partial charge in [0.05, 0.1) is 14.1 Å². The number of rotatable bonds is 7. The van der Waals surface area contributed by atoms with Gasteiger partial charge < -0.3 is 17.1 Å². The molecule has 0 N–H and O–H groups in total. The van der Waals surface area contributed by atoms with Crippen LogP contribution in [0.2, 0.25) is 0 Å². The van der Waals surface area contributed by atoms with Crippen LogP contribution in [0, 0.1) is 0 Å². The van der Waals surface area contributed by atoms with Crippen LogP contribution in [0.3, 0.4) is 0 Å². The van der Waals surface area contributed by atoms with Gasteiger partial charge in [0.15, 0.2) is 5.78 Å². The monoisotopic (exact) mass is 373 g/mol. The highest BCUT2D eigenvalue weighted by atomic mass is 35.5. The van der Waals surface area contributed by atoms with E-state index in [0.29, 0.717) is 22.2 Å². The van der Waals surface area contributed by atoms with E-state index in [9.17, 15) is 9.59 Å². The van der Waals surface area contributed by atoms with Crippen molar-refractivity contribution >= 4 is 11.8 Å². The van der Waals surface area contributed by atoms with Crippen molar-refractivity contribution in [2.75, 3.05) is 14.1 Å². The Morgan fingerprint density at radius 2 is 1.58 bits per heavy atom. The van der Waals surface area contributed by atoms with Crippen molar-refractivity contribution in [1.29, 1.82) is 0 Å². The number of quaternary nitrogens is 1. The highest BCUT2D eigenvalue weighted by Gasteiger charge is 2.27. The van der Waals surface area contributed by atoms with E-state index in [4.69, 9.17) is 4.74 Å². The summed E-state index contributed by atoms with van der Waals surface area (Å²) in [5, 5.41) is 0. The molecule has 0 bridgehead atoms. The number of carbonyl (C=O) groups is 2. The molecule has 26 heavy (non-hydrogen) atoms. The lowest BCUT2D eigenvalue weighted by molar-refractivity contribution is -0.945. The lowest BCUT2D eigenvalue weighted by Gasteiger charge is -2.34. The molecule has 2 aromatic rings. The van der Waals surface area contributed by atoms with E-state index in [0.717, 1.165) is 5.56 Å². The molecule has 0 radical (unpaired) electrons. The van der Waals surface area contributed by atoms with Gasteiger partial charge in [-0.15, -0.1) is 0 Å². The number of benzene rings is 2. The first kappa shape index (κ1) is 21.6. The van der Waals surface area contributed by atoms with Crippen molar-refractivity contribution in [3.63, 3.8) is 0 Å². The molecular weight excluding hydrogens is 350 g/mol. The van der Waals surface area contributed by atoms with Gasteiger partial charge in [0.2, 0.25) is 6.23 Å². The molecule has 0 aromatic heterocycles. The first-order valence-corrected chi connectivity index (χ1v) is 8.18. The predicted molar refractivity (Wildman–Crippen MR) is 97.9 cm³/mol. The molecule has 0 heterocycles. The molecule has 2 aromatic carbocycles. The number of nitrogens with zero attached hydrogens (tertiary/aromatic N) is 1. The van der Waals surface area contributed by atoms with Gasteiger partial charge in [-0.25, -0.2) is 4.79 Å². The van der Waals surface area contributed by atoms with E-state index in [1.54, 1.807) is 0 Å². The van der Waals surface area contributed by atoms with Crippen molar-refractivity contribution in [1.82, 2.24) is 0 Å². The highest BCUT2D eigenvalue weighted by Crippen LogP contribution is 2.17. The minimum Gasteiger partial charge on any atom is -1.00 e. The largest absolute Gasteiger partial charge is 1.00 e. The first-order valence-electron chi connectivity index (χ1n) is 8.18. The Labute approximate surface area is 161 Å². The van der Waals surface area contributed by atoms with Crippen molar-refractivity contribution in [2.24, 2.45) is 0 Å². The van der Waals surface area contributed by atoms with Crippen LogP contribution in [0.5, 0.6) is 0 Å². The van der Waals surface area contributed by atoms with Crippen molar-refractivity contribution in [2.45, 2.75) is 19.7 Å². The highest BCUT2D eigenvalue weighted by molar-refractivity contribution is 6.08. The van der Waals surface area contributed by atoms with Crippen LogP contribution in [0.15, 0.2) is 67.3 Å². The molecule has 1 atom stereocenters. The maximum Gasteiger partial charge on any atom is 0.334 e. The van der Waals surface area contributed by atoms with E-state index in [1.807, 2.05) is 75.6 Å². The first-order chi connectivity index (χ1) is 11.8. The van der Waals surface area contributed by atoms with E-state index >= 15 is 0 Å². The van der Waals surface area contributed by atoms with E-state index in [1.165, 1.54) is 6.08 Å². The normalized spacial score (nSPS) is 11.8. The van der Waals surface area contributed by atoms with Crippen molar-refractivity contribution in [3.05, 3.63) is 83.9 Å². The average molecular weight is 374 g/mol. The lowest BCUT2D eigenvalue weighted by atomic mass is 10.0. The maximum absolute atomic E-state index is 12.4. The van der Waals surface area contributed by atoms with Gasteiger partial charge in [-0.05, 0) is 0 Å². The second-order valence-electron chi connectivity index (χ2n) is 6.57. The summed E-state index contributed by atoms with van der Waals surface area (Å²) in [6.07, 6.45) is 0.858. The SMILES string of the molecule is C=CC(=O)OC(C)[N+](C)(C)Cc1ccc(C(=O)c2ccccc2)cc1.[Cl-]. The number of hydrogen-bond donors (Lipinski definition) is 0. The second kappa shape index (κ2) is 9.32. The Kier molecular flexibility index (Phi) is 7.75. The Bertz CT molecular complexity index is 755. The molecule has 0 aliphatic heterocycles. The van der Waals surface area contributed by atoms with Crippen LogP contribution in [0.1, 0.15) is 28.4 Å². The third kappa shape index (κ3) is 5.55. The third-order valence-electron chi connectivity index (χ3n) is 4.28. The van der Waals surface area contributed by atoms with E-state index in [-0.39, 0.29) is 24.4 Å². The minimum atomic E-state index is -0.428. The molecule has 0 amide bonds. The summed E-state index contributed by atoms with van der Waals surface area (Å²) >= 11 is 0. The van der Waals surface area contributed by atoms with Crippen LogP contribution < -0.4 is 12.4 Å². The van der Waals surface area contributed by atoms with Crippen molar-refractivity contribution < 1.29 is 31.2 Å². The molecule has 0 saturated carbocycles. The topological polar surface area (TPSA) is 43.4 Å². The standard InChI is InChI=1S/C21H24NO3.ClH/c1-5-20(23)25-16(2)22(3,4)15-17-11-13-19(14-12-17)21(24)18-9-7-6-8-10-18;/h5-14,16H,1,15H2,2-4H3;1H/q+1;/p-1. The average Bonchev–Trinajstić information content (AvgIpc) is 2.62. The number of hydrogen-bond acceptors (Lipinski definition) is 3. The van der Waals surface area contributed by atoms with Crippen LogP contribution in [-0.4, -0.2) is 36.6 Å². The van der Waals surface area contributed by atoms with Crippen LogP contribution in [0.25, 0.3) is 0 Å². The van der Waals surface area contributed by atoms with Gasteiger partial charge in [-0.2, -0.15) is 0 Å². The van der Waals surface area contributed by atoms with Crippen LogP contribution in [0.4, 0.5) is 0 Å². The Morgan fingerprint density at radius 3 is 2.12 bits per heavy atom. The Morgan fingerprint density at radius 1 is 1.04 bits per heavy atom. The summed E-state index contributed by atoms with van der Waals surface area (Å²) in [5.74, 6) is -0.420. The van der Waals surface area contributed by atoms with Gasteiger partial charge >= 0.3 is 5.97 Å². The lowest BCUT2D eigenvalue weighted by Crippen LogP contribution is -3.00. The van der Waals surface area contributed by atoms with Gasteiger partial charge in [-0.3, -0.25) is 9.28 Å². The zero-order chi connectivity index (χ0) is 18.4. The fourth-order valence-corrected chi connectivity index (χ4v) is 2.48. The summed E-state index contributed by atoms with van der Waals surface area (Å²) in [7, 11) is 3.98. The van der Waals surface area contributed by atoms with Gasteiger partial charge in [0.1, 0.15) is 6.54 Å². The van der Waals surface area contributed by atoms with Gasteiger partial charge in [0.25, 0.3) is 0 Å². The summed E-state index contributed by atoms with van der Waals surface area (Å²) in [5.41, 5.74) is 2.40. The van der Waals surface area contributed by atoms with Crippen LogP contribution in [-0.2, 0) is 16.1 Å². The molecule has 0 fully saturated rings. The smallest absolute Gasteiger partial charge is 0.334 e. The number of halogens is 1. The molecule has 0 aliphatic rings. The molecule has 138 valence electrons. The van der Waals surface area contributed by atoms with Crippen molar-refractivity contribution in [3.8, 4) is 0 Å².